The predicted octanol–water partition coefficient (Wildman–Crippen LogP) is 2.79. The molecule has 0 radical (unpaired) electrons. The van der Waals surface area contributed by atoms with E-state index < -0.39 is 0 Å². The Bertz CT molecular complexity index is 611. The number of amides is 1. The predicted molar refractivity (Wildman–Crippen MR) is 89.7 cm³/mol. The van der Waals surface area contributed by atoms with E-state index in [0.717, 1.165) is 16.1 Å². The number of carbonyl (C=O) groups is 1. The molecule has 0 aliphatic rings. The molecule has 2 aromatic rings. The molecule has 1 amide bonds. The van der Waals surface area contributed by atoms with Gasteiger partial charge in [-0.05, 0) is 19.1 Å². The Kier molecular flexibility index (Phi) is 5.58. The van der Waals surface area contributed by atoms with Crippen LogP contribution in [0.2, 0.25) is 5.02 Å². The van der Waals surface area contributed by atoms with Crippen LogP contribution in [-0.4, -0.2) is 24.9 Å². The van der Waals surface area contributed by atoms with Crippen LogP contribution in [0.3, 0.4) is 0 Å². The van der Waals surface area contributed by atoms with E-state index in [0.29, 0.717) is 0 Å². The number of hydrogen-bond acceptors (Lipinski definition) is 1. The average Bonchev–Trinajstić information content (AvgIpc) is 2.53. The number of halogens is 1. The van der Waals surface area contributed by atoms with Gasteiger partial charge in [0.1, 0.15) is 6.04 Å². The molecule has 0 bridgehead atoms. The molecule has 0 aliphatic heterocycles. The number of carbonyl (C=O) groups excluding carboxylic acids is 1. The van der Waals surface area contributed by atoms with E-state index in [4.69, 9.17) is 11.6 Å². The first-order valence-corrected chi connectivity index (χ1v) is 7.73. The molecule has 2 atom stereocenters. The summed E-state index contributed by atoms with van der Waals surface area (Å²) in [5.74, 6) is 0.0898. The van der Waals surface area contributed by atoms with E-state index in [1.54, 1.807) is 19.0 Å². The van der Waals surface area contributed by atoms with Gasteiger partial charge in [0.15, 0.2) is 6.04 Å². The van der Waals surface area contributed by atoms with E-state index >= 15 is 0 Å². The summed E-state index contributed by atoms with van der Waals surface area (Å²) < 4.78 is 0. The van der Waals surface area contributed by atoms with Gasteiger partial charge in [-0.3, -0.25) is 4.79 Å². The summed E-state index contributed by atoms with van der Waals surface area (Å²) in [4.78, 5) is 14.2. The fourth-order valence-corrected chi connectivity index (χ4v) is 2.57. The largest absolute Gasteiger partial charge is 0.343 e. The van der Waals surface area contributed by atoms with Crippen LogP contribution in [0.4, 0.5) is 0 Å². The normalized spacial score (nSPS) is 13.5. The Morgan fingerprint density at radius 2 is 1.59 bits per heavy atom. The maximum atomic E-state index is 12.5. The highest BCUT2D eigenvalue weighted by Crippen LogP contribution is 2.16. The van der Waals surface area contributed by atoms with Crippen LogP contribution in [-0.2, 0) is 4.79 Å². The zero-order valence-electron chi connectivity index (χ0n) is 13.2. The lowest BCUT2D eigenvalue weighted by molar-refractivity contribution is -0.719. The Morgan fingerprint density at radius 1 is 1.00 bits per heavy atom. The minimum atomic E-state index is -0.248. The smallest absolute Gasteiger partial charge is 0.285 e. The van der Waals surface area contributed by atoms with Crippen LogP contribution in [0.15, 0.2) is 54.6 Å². The van der Waals surface area contributed by atoms with Crippen molar-refractivity contribution in [3.63, 3.8) is 0 Å². The van der Waals surface area contributed by atoms with Crippen molar-refractivity contribution in [1.82, 2.24) is 4.90 Å². The summed E-state index contributed by atoms with van der Waals surface area (Å²) in [6.45, 7) is 2.10. The molecule has 0 saturated heterocycles. The van der Waals surface area contributed by atoms with Gasteiger partial charge in [0.2, 0.25) is 0 Å². The average molecular weight is 318 g/mol. The fourth-order valence-electron chi connectivity index (χ4n) is 2.44. The SMILES string of the molecule is C[C@H]([NH2+][C@H](C(=O)N(C)C)c1ccccc1)c1ccc(Cl)cc1. The Balaban J connectivity index is 2.23. The van der Waals surface area contributed by atoms with Crippen molar-refractivity contribution < 1.29 is 10.1 Å². The molecule has 0 unspecified atom stereocenters. The number of hydrogen-bond donors (Lipinski definition) is 1. The van der Waals surface area contributed by atoms with E-state index in [2.05, 4.69) is 12.2 Å². The lowest BCUT2D eigenvalue weighted by Gasteiger charge is -2.22. The number of quaternary nitrogens is 1. The van der Waals surface area contributed by atoms with Crippen molar-refractivity contribution in [2.24, 2.45) is 0 Å². The third-order valence-electron chi connectivity index (χ3n) is 3.74. The number of nitrogens with two attached hydrogens (primary N) is 1. The van der Waals surface area contributed by atoms with Gasteiger partial charge < -0.3 is 10.2 Å². The maximum Gasteiger partial charge on any atom is 0.285 e. The van der Waals surface area contributed by atoms with Gasteiger partial charge in [0.25, 0.3) is 5.91 Å². The molecule has 0 aromatic heterocycles. The lowest BCUT2D eigenvalue weighted by atomic mass is 10.0. The topological polar surface area (TPSA) is 36.9 Å². The summed E-state index contributed by atoms with van der Waals surface area (Å²) in [6.07, 6.45) is 0. The summed E-state index contributed by atoms with van der Waals surface area (Å²) in [6, 6.07) is 17.6. The van der Waals surface area contributed by atoms with Crippen molar-refractivity contribution in [2.45, 2.75) is 19.0 Å². The van der Waals surface area contributed by atoms with Gasteiger partial charge in [0, 0.05) is 30.2 Å². The molecule has 0 fully saturated rings. The molecule has 0 aliphatic carbocycles. The molecule has 116 valence electrons. The van der Waals surface area contributed by atoms with Gasteiger partial charge in [-0.15, -0.1) is 0 Å². The summed E-state index contributed by atoms with van der Waals surface area (Å²) >= 11 is 5.94. The number of benzene rings is 2. The van der Waals surface area contributed by atoms with E-state index in [9.17, 15) is 4.79 Å². The number of rotatable bonds is 5. The highest BCUT2D eigenvalue weighted by molar-refractivity contribution is 6.30. The molecule has 2 N–H and O–H groups in total. The Labute approximate surface area is 136 Å². The Morgan fingerprint density at radius 3 is 2.14 bits per heavy atom. The van der Waals surface area contributed by atoms with Gasteiger partial charge in [-0.1, -0.05) is 54.1 Å². The minimum absolute atomic E-state index is 0.0898. The second-order valence-corrected chi connectivity index (χ2v) is 6.09. The molecular weight excluding hydrogens is 296 g/mol. The third kappa shape index (κ3) is 4.09. The molecule has 2 aromatic carbocycles. The van der Waals surface area contributed by atoms with E-state index in [-0.39, 0.29) is 18.0 Å². The van der Waals surface area contributed by atoms with Crippen molar-refractivity contribution in [1.29, 1.82) is 0 Å². The van der Waals surface area contributed by atoms with Gasteiger partial charge in [-0.25, -0.2) is 0 Å². The summed E-state index contributed by atoms with van der Waals surface area (Å²) in [7, 11) is 3.58. The summed E-state index contributed by atoms with van der Waals surface area (Å²) in [5, 5.41) is 2.82. The first-order valence-electron chi connectivity index (χ1n) is 7.35. The van der Waals surface area contributed by atoms with Crippen molar-refractivity contribution in [3.8, 4) is 0 Å². The molecule has 0 saturated carbocycles. The number of likely N-dealkylation sites (N-methyl/N-ethyl adjacent to an activating group) is 1. The monoisotopic (exact) mass is 317 g/mol. The molecular formula is C18H22ClN2O+. The number of nitrogens with zero attached hydrogens (tertiary/aromatic N) is 1. The first-order chi connectivity index (χ1) is 10.5. The second-order valence-electron chi connectivity index (χ2n) is 5.65. The highest BCUT2D eigenvalue weighted by Gasteiger charge is 2.28. The molecule has 22 heavy (non-hydrogen) atoms. The van der Waals surface area contributed by atoms with Gasteiger partial charge >= 0.3 is 0 Å². The molecule has 0 heterocycles. The quantitative estimate of drug-likeness (QED) is 0.904. The second kappa shape index (κ2) is 7.43. The van der Waals surface area contributed by atoms with Crippen molar-refractivity contribution >= 4 is 17.5 Å². The molecule has 0 spiro atoms. The van der Waals surface area contributed by atoms with Crippen LogP contribution in [0.1, 0.15) is 30.1 Å². The zero-order chi connectivity index (χ0) is 16.1. The van der Waals surface area contributed by atoms with Crippen molar-refractivity contribution in [2.75, 3.05) is 14.1 Å². The molecule has 4 heteroatoms. The van der Waals surface area contributed by atoms with Crippen LogP contribution in [0.5, 0.6) is 0 Å². The third-order valence-corrected chi connectivity index (χ3v) is 3.99. The zero-order valence-corrected chi connectivity index (χ0v) is 13.9. The standard InChI is InChI=1S/C18H21ClN2O/c1-13(14-9-11-16(19)12-10-14)20-17(18(22)21(2)3)15-7-5-4-6-8-15/h4-13,17,20H,1-3H3/p+1/t13-,17-/m0/s1. The molecule has 2 rings (SSSR count). The Hall–Kier alpha value is -1.84. The summed E-state index contributed by atoms with van der Waals surface area (Å²) in [5.41, 5.74) is 2.17. The van der Waals surface area contributed by atoms with Crippen LogP contribution < -0.4 is 5.32 Å². The highest BCUT2D eigenvalue weighted by atomic mass is 35.5. The van der Waals surface area contributed by atoms with Crippen LogP contribution in [0, 0.1) is 0 Å². The fraction of sp³-hybridized carbons (Fsp3) is 0.278. The maximum absolute atomic E-state index is 12.5. The van der Waals surface area contributed by atoms with E-state index in [1.807, 2.05) is 54.6 Å². The minimum Gasteiger partial charge on any atom is -0.343 e. The van der Waals surface area contributed by atoms with Gasteiger partial charge in [0.05, 0.1) is 0 Å². The van der Waals surface area contributed by atoms with Gasteiger partial charge in [-0.2, -0.15) is 0 Å². The first kappa shape index (κ1) is 16.5. The molecule has 3 nitrogen and oxygen atoms in total. The lowest BCUT2D eigenvalue weighted by Crippen LogP contribution is -2.87. The van der Waals surface area contributed by atoms with Crippen LogP contribution in [0.25, 0.3) is 0 Å². The van der Waals surface area contributed by atoms with Crippen LogP contribution >= 0.6 is 11.6 Å². The van der Waals surface area contributed by atoms with Crippen molar-refractivity contribution in [3.05, 3.63) is 70.7 Å². The van der Waals surface area contributed by atoms with E-state index in [1.165, 1.54) is 0 Å².